The van der Waals surface area contributed by atoms with Crippen molar-refractivity contribution >= 4 is 21.4 Å². The molecule has 0 saturated heterocycles. The van der Waals surface area contributed by atoms with Gasteiger partial charge in [0.2, 0.25) is 10.0 Å². The lowest BCUT2D eigenvalue weighted by Crippen LogP contribution is -2.40. The van der Waals surface area contributed by atoms with Gasteiger partial charge in [0.25, 0.3) is 0 Å². The van der Waals surface area contributed by atoms with Crippen LogP contribution in [0.4, 0.5) is 0 Å². The molecule has 6 heteroatoms. The van der Waals surface area contributed by atoms with Gasteiger partial charge in [-0.3, -0.25) is 0 Å². The molecule has 0 amide bonds. The third-order valence-electron chi connectivity index (χ3n) is 4.41. The van der Waals surface area contributed by atoms with Gasteiger partial charge in [-0.25, -0.2) is 13.1 Å². The van der Waals surface area contributed by atoms with E-state index < -0.39 is 10.0 Å². The largest absolute Gasteiger partial charge is 0.326 e. The average Bonchev–Trinajstić information content (AvgIpc) is 2.87. The van der Waals surface area contributed by atoms with Gasteiger partial charge in [-0.1, -0.05) is 26.2 Å². The monoisotopic (exact) mass is 330 g/mol. The van der Waals surface area contributed by atoms with Gasteiger partial charge in [-0.2, -0.15) is 0 Å². The van der Waals surface area contributed by atoms with Crippen LogP contribution in [-0.2, 0) is 16.6 Å². The summed E-state index contributed by atoms with van der Waals surface area (Å²) in [5, 5.41) is 0. The summed E-state index contributed by atoms with van der Waals surface area (Å²) in [7, 11) is -3.42. The third-order valence-corrected chi connectivity index (χ3v) is 7.64. The highest BCUT2D eigenvalue weighted by Gasteiger charge is 2.28. The molecule has 1 atom stereocenters. The predicted octanol–water partition coefficient (Wildman–Crippen LogP) is 3.15. The van der Waals surface area contributed by atoms with Crippen LogP contribution in [-0.4, -0.2) is 14.5 Å². The zero-order valence-electron chi connectivity index (χ0n) is 12.9. The van der Waals surface area contributed by atoms with Crippen LogP contribution in [0.15, 0.2) is 10.3 Å². The van der Waals surface area contributed by atoms with Gasteiger partial charge in [-0.05, 0) is 43.7 Å². The topological polar surface area (TPSA) is 72.2 Å². The second-order valence-electron chi connectivity index (χ2n) is 5.91. The SMILES string of the molecule is CCC(NS(=O)(=O)c1cc(C)c(CN)s1)C1CCCCC1. The van der Waals surface area contributed by atoms with Gasteiger partial charge in [0, 0.05) is 17.5 Å². The standard InChI is InChI=1S/C15H26N2O2S2/c1-3-13(12-7-5-4-6-8-12)17-21(18,19)15-9-11(2)14(10-16)20-15/h9,12-13,17H,3-8,10,16H2,1-2H3. The zero-order chi connectivity index (χ0) is 15.5. The molecule has 1 aromatic rings. The van der Waals surface area contributed by atoms with E-state index in [1.54, 1.807) is 6.07 Å². The van der Waals surface area contributed by atoms with Crippen molar-refractivity contribution in [2.45, 2.75) is 69.2 Å². The molecular formula is C15H26N2O2S2. The Kier molecular flexibility index (Phi) is 5.82. The highest BCUT2D eigenvalue weighted by atomic mass is 32.2. The number of nitrogens with two attached hydrogens (primary N) is 1. The minimum atomic E-state index is -3.42. The normalized spacial score (nSPS) is 18.8. The first kappa shape index (κ1) is 16.9. The van der Waals surface area contributed by atoms with Gasteiger partial charge >= 0.3 is 0 Å². The van der Waals surface area contributed by atoms with Crippen molar-refractivity contribution in [1.82, 2.24) is 4.72 Å². The molecule has 3 N–H and O–H groups in total. The molecule has 2 rings (SSSR count). The number of sulfonamides is 1. The van der Waals surface area contributed by atoms with Crippen LogP contribution in [0.3, 0.4) is 0 Å². The highest BCUT2D eigenvalue weighted by Crippen LogP contribution is 2.30. The lowest BCUT2D eigenvalue weighted by atomic mass is 9.83. The minimum absolute atomic E-state index is 0.0547. The van der Waals surface area contributed by atoms with Gasteiger partial charge in [-0.15, -0.1) is 11.3 Å². The Balaban J connectivity index is 2.14. The number of aryl methyl sites for hydroxylation is 1. The average molecular weight is 331 g/mol. The van der Waals surface area contributed by atoms with E-state index in [-0.39, 0.29) is 6.04 Å². The Bertz CT molecular complexity index is 560. The fraction of sp³-hybridized carbons (Fsp3) is 0.733. The first-order valence-electron chi connectivity index (χ1n) is 7.79. The quantitative estimate of drug-likeness (QED) is 0.841. The molecule has 1 unspecified atom stereocenters. The van der Waals surface area contributed by atoms with Crippen LogP contribution in [0.1, 0.15) is 55.9 Å². The van der Waals surface area contributed by atoms with Gasteiger partial charge in [0.05, 0.1) is 0 Å². The van der Waals surface area contributed by atoms with E-state index in [4.69, 9.17) is 5.73 Å². The molecule has 0 bridgehead atoms. The van der Waals surface area contributed by atoms with E-state index in [9.17, 15) is 8.42 Å². The maximum atomic E-state index is 12.6. The molecule has 0 aromatic carbocycles. The molecule has 1 aliphatic carbocycles. The Morgan fingerprint density at radius 1 is 1.38 bits per heavy atom. The zero-order valence-corrected chi connectivity index (χ0v) is 14.5. The molecule has 1 saturated carbocycles. The number of hydrogen-bond donors (Lipinski definition) is 2. The molecule has 1 aliphatic rings. The lowest BCUT2D eigenvalue weighted by Gasteiger charge is -2.29. The van der Waals surface area contributed by atoms with Crippen LogP contribution in [0.5, 0.6) is 0 Å². The molecule has 120 valence electrons. The van der Waals surface area contributed by atoms with Crippen LogP contribution >= 0.6 is 11.3 Å². The summed E-state index contributed by atoms with van der Waals surface area (Å²) in [6, 6.07) is 1.79. The van der Waals surface area contributed by atoms with Crippen molar-refractivity contribution in [1.29, 1.82) is 0 Å². The summed E-state index contributed by atoms with van der Waals surface area (Å²) in [6.07, 6.45) is 6.84. The molecule has 4 nitrogen and oxygen atoms in total. The van der Waals surface area contributed by atoms with E-state index >= 15 is 0 Å². The minimum Gasteiger partial charge on any atom is -0.326 e. The number of hydrogen-bond acceptors (Lipinski definition) is 4. The molecule has 1 aromatic heterocycles. The first-order chi connectivity index (χ1) is 9.97. The number of rotatable bonds is 6. The van der Waals surface area contributed by atoms with E-state index in [0.29, 0.717) is 16.7 Å². The van der Waals surface area contributed by atoms with Crippen molar-refractivity contribution in [3.63, 3.8) is 0 Å². The second-order valence-corrected chi connectivity index (χ2v) is 8.99. The lowest BCUT2D eigenvalue weighted by molar-refractivity contribution is 0.285. The number of thiophene rings is 1. The second kappa shape index (κ2) is 7.22. The first-order valence-corrected chi connectivity index (χ1v) is 10.1. The van der Waals surface area contributed by atoms with Gasteiger partial charge in [0.1, 0.15) is 4.21 Å². The van der Waals surface area contributed by atoms with Crippen molar-refractivity contribution in [3.8, 4) is 0 Å². The van der Waals surface area contributed by atoms with Crippen molar-refractivity contribution < 1.29 is 8.42 Å². The smallest absolute Gasteiger partial charge is 0.250 e. The Morgan fingerprint density at radius 3 is 2.57 bits per heavy atom. The summed E-state index contributed by atoms with van der Waals surface area (Å²) < 4.78 is 28.5. The molecule has 21 heavy (non-hydrogen) atoms. The summed E-state index contributed by atoms with van der Waals surface area (Å²) in [5.41, 5.74) is 6.61. The molecule has 1 fully saturated rings. The summed E-state index contributed by atoms with van der Waals surface area (Å²) in [4.78, 5) is 0.945. The fourth-order valence-corrected chi connectivity index (χ4v) is 6.00. The predicted molar refractivity (Wildman–Crippen MR) is 87.9 cm³/mol. The van der Waals surface area contributed by atoms with Crippen LogP contribution in [0, 0.1) is 12.8 Å². The maximum absolute atomic E-state index is 12.6. The Labute approximate surface area is 132 Å². The van der Waals surface area contributed by atoms with Crippen molar-refractivity contribution in [2.75, 3.05) is 0 Å². The maximum Gasteiger partial charge on any atom is 0.250 e. The van der Waals surface area contributed by atoms with Crippen LogP contribution in [0.25, 0.3) is 0 Å². The summed E-state index contributed by atoms with van der Waals surface area (Å²) >= 11 is 1.29. The molecule has 0 radical (unpaired) electrons. The highest BCUT2D eigenvalue weighted by molar-refractivity contribution is 7.91. The van der Waals surface area contributed by atoms with Gasteiger partial charge < -0.3 is 5.73 Å². The molecular weight excluding hydrogens is 304 g/mol. The van der Waals surface area contributed by atoms with E-state index in [1.807, 2.05) is 6.92 Å². The molecule has 0 aliphatic heterocycles. The van der Waals surface area contributed by atoms with Crippen LogP contribution in [0.2, 0.25) is 0 Å². The van der Waals surface area contributed by atoms with Crippen molar-refractivity contribution in [3.05, 3.63) is 16.5 Å². The Hall–Kier alpha value is -0.430. The van der Waals surface area contributed by atoms with E-state index in [1.165, 1.54) is 30.6 Å². The van der Waals surface area contributed by atoms with E-state index in [0.717, 1.165) is 29.7 Å². The van der Waals surface area contributed by atoms with E-state index in [2.05, 4.69) is 11.6 Å². The van der Waals surface area contributed by atoms with Crippen molar-refractivity contribution in [2.24, 2.45) is 11.7 Å². The fourth-order valence-electron chi connectivity index (χ4n) is 3.13. The summed E-state index contributed by atoms with van der Waals surface area (Å²) in [6.45, 7) is 4.37. The Morgan fingerprint density at radius 2 is 2.05 bits per heavy atom. The van der Waals surface area contributed by atoms with Gasteiger partial charge in [0.15, 0.2) is 0 Å². The molecule has 0 spiro atoms. The summed E-state index contributed by atoms with van der Waals surface area (Å²) in [5.74, 6) is 0.480. The number of nitrogens with one attached hydrogen (secondary N) is 1. The van der Waals surface area contributed by atoms with Crippen LogP contribution < -0.4 is 10.5 Å². The third kappa shape index (κ3) is 4.06. The molecule has 1 heterocycles.